The van der Waals surface area contributed by atoms with Gasteiger partial charge in [-0.15, -0.1) is 0 Å². The van der Waals surface area contributed by atoms with Gasteiger partial charge < -0.3 is 4.74 Å². The maximum Gasteiger partial charge on any atom is 0.308 e. The van der Waals surface area contributed by atoms with E-state index in [-0.39, 0.29) is 16.3 Å². The summed E-state index contributed by atoms with van der Waals surface area (Å²) in [6.45, 7) is 0.479. The fourth-order valence-corrected chi connectivity index (χ4v) is 5.40. The highest BCUT2D eigenvalue weighted by molar-refractivity contribution is 7.89. The number of methoxy groups -OCH3 is 1. The van der Waals surface area contributed by atoms with Crippen LogP contribution in [0.1, 0.15) is 11.1 Å². The molecule has 160 valence electrons. The highest BCUT2D eigenvalue weighted by Gasteiger charge is 2.17. The summed E-state index contributed by atoms with van der Waals surface area (Å²) in [5.41, 5.74) is 2.35. The standard InChI is InChI=1S/C22H19ClN2O4S2/c1-29-20-5-3-2-4-16(20)13-24-31(27,28)18-10-11-19-21(12-18)30-22(26)25(19)14-15-6-8-17(23)9-7-15/h2-12,24H,13-14H2,1H3. The third-order valence-corrected chi connectivity index (χ3v) is 7.44. The van der Waals surface area contributed by atoms with Crippen molar-refractivity contribution < 1.29 is 13.2 Å². The molecule has 0 aliphatic heterocycles. The highest BCUT2D eigenvalue weighted by Crippen LogP contribution is 2.24. The van der Waals surface area contributed by atoms with Crippen LogP contribution in [0.3, 0.4) is 0 Å². The summed E-state index contributed by atoms with van der Waals surface area (Å²) in [5, 5.41) is 0.627. The first-order valence-electron chi connectivity index (χ1n) is 9.37. The number of fused-ring (bicyclic) bond motifs is 1. The van der Waals surface area contributed by atoms with E-state index in [4.69, 9.17) is 16.3 Å². The molecule has 0 aliphatic carbocycles. The summed E-state index contributed by atoms with van der Waals surface area (Å²) < 4.78 is 35.7. The summed E-state index contributed by atoms with van der Waals surface area (Å²) in [6, 6.07) is 19.2. The molecular weight excluding hydrogens is 456 g/mol. The molecule has 1 N–H and O–H groups in total. The number of aromatic nitrogens is 1. The van der Waals surface area contributed by atoms with Gasteiger partial charge in [0.25, 0.3) is 0 Å². The second-order valence-corrected chi connectivity index (χ2v) is 10.0. The van der Waals surface area contributed by atoms with Crippen LogP contribution in [-0.4, -0.2) is 20.1 Å². The summed E-state index contributed by atoms with van der Waals surface area (Å²) in [6.07, 6.45) is 0. The van der Waals surface area contributed by atoms with Crippen molar-refractivity contribution in [3.05, 3.63) is 92.5 Å². The molecule has 4 aromatic rings. The van der Waals surface area contributed by atoms with Crippen molar-refractivity contribution in [1.82, 2.24) is 9.29 Å². The number of hydrogen-bond acceptors (Lipinski definition) is 5. The fraction of sp³-hybridized carbons (Fsp3) is 0.136. The van der Waals surface area contributed by atoms with Crippen LogP contribution in [0.5, 0.6) is 5.75 Å². The van der Waals surface area contributed by atoms with Crippen LogP contribution in [0.25, 0.3) is 10.2 Å². The zero-order valence-corrected chi connectivity index (χ0v) is 18.9. The maximum atomic E-state index is 12.8. The number of nitrogens with one attached hydrogen (secondary N) is 1. The zero-order valence-electron chi connectivity index (χ0n) is 16.5. The van der Waals surface area contributed by atoms with Crippen LogP contribution >= 0.6 is 22.9 Å². The first-order chi connectivity index (χ1) is 14.9. The fourth-order valence-electron chi connectivity index (χ4n) is 3.24. The zero-order chi connectivity index (χ0) is 22.0. The molecule has 0 saturated heterocycles. The van der Waals surface area contributed by atoms with E-state index in [9.17, 15) is 13.2 Å². The SMILES string of the molecule is COc1ccccc1CNS(=O)(=O)c1ccc2c(c1)sc(=O)n2Cc1ccc(Cl)cc1. The monoisotopic (exact) mass is 474 g/mol. The van der Waals surface area contributed by atoms with Gasteiger partial charge in [0, 0.05) is 17.1 Å². The Labute approximate surface area is 188 Å². The van der Waals surface area contributed by atoms with Gasteiger partial charge in [-0.05, 0) is 42.0 Å². The second-order valence-electron chi connectivity index (χ2n) is 6.85. The first kappa shape index (κ1) is 21.6. The number of sulfonamides is 1. The van der Waals surface area contributed by atoms with Crippen molar-refractivity contribution in [1.29, 1.82) is 0 Å². The molecule has 31 heavy (non-hydrogen) atoms. The molecule has 0 aliphatic rings. The van der Waals surface area contributed by atoms with E-state index in [0.29, 0.717) is 27.5 Å². The highest BCUT2D eigenvalue weighted by atomic mass is 35.5. The van der Waals surface area contributed by atoms with Crippen LogP contribution in [0.2, 0.25) is 5.02 Å². The van der Waals surface area contributed by atoms with E-state index in [2.05, 4.69) is 4.72 Å². The van der Waals surface area contributed by atoms with Crippen molar-refractivity contribution in [2.24, 2.45) is 0 Å². The van der Waals surface area contributed by atoms with Crippen molar-refractivity contribution in [3.8, 4) is 5.75 Å². The normalized spacial score (nSPS) is 11.7. The van der Waals surface area contributed by atoms with Crippen LogP contribution in [0.4, 0.5) is 0 Å². The minimum atomic E-state index is -3.77. The number of rotatable bonds is 7. The molecule has 0 radical (unpaired) electrons. The predicted molar refractivity (Wildman–Crippen MR) is 124 cm³/mol. The average Bonchev–Trinajstić information content (AvgIpc) is 3.08. The molecule has 0 bridgehead atoms. The van der Waals surface area contributed by atoms with Crippen molar-refractivity contribution in [3.63, 3.8) is 0 Å². The summed E-state index contributed by atoms with van der Waals surface area (Å²) in [5.74, 6) is 0.609. The lowest BCUT2D eigenvalue weighted by atomic mass is 10.2. The number of ether oxygens (including phenoxy) is 1. The Morgan fingerprint density at radius 2 is 1.81 bits per heavy atom. The van der Waals surface area contributed by atoms with Gasteiger partial charge in [-0.2, -0.15) is 0 Å². The van der Waals surface area contributed by atoms with Gasteiger partial charge in [0.05, 0.1) is 28.8 Å². The minimum absolute atomic E-state index is 0.0954. The van der Waals surface area contributed by atoms with Crippen LogP contribution in [-0.2, 0) is 23.1 Å². The van der Waals surface area contributed by atoms with Gasteiger partial charge in [0.2, 0.25) is 10.0 Å². The number of thiazole rings is 1. The van der Waals surface area contributed by atoms with Crippen LogP contribution in [0, 0.1) is 0 Å². The molecule has 3 aromatic carbocycles. The molecule has 0 spiro atoms. The molecule has 0 atom stereocenters. The third kappa shape index (κ3) is 4.67. The predicted octanol–water partition coefficient (Wildman–Crippen LogP) is 4.25. The molecule has 6 nitrogen and oxygen atoms in total. The van der Waals surface area contributed by atoms with Gasteiger partial charge in [0.1, 0.15) is 5.75 Å². The Morgan fingerprint density at radius 3 is 2.55 bits per heavy atom. The van der Waals surface area contributed by atoms with E-state index >= 15 is 0 Å². The Kier molecular flexibility index (Phi) is 6.15. The van der Waals surface area contributed by atoms with Crippen molar-refractivity contribution in [2.45, 2.75) is 18.0 Å². The molecule has 0 amide bonds. The quantitative estimate of drug-likeness (QED) is 0.434. The molecule has 4 rings (SSSR count). The largest absolute Gasteiger partial charge is 0.496 e. The number of nitrogens with zero attached hydrogens (tertiary/aromatic N) is 1. The molecule has 9 heteroatoms. The van der Waals surface area contributed by atoms with Gasteiger partial charge in [0.15, 0.2) is 0 Å². The van der Waals surface area contributed by atoms with E-state index in [1.807, 2.05) is 24.3 Å². The first-order valence-corrected chi connectivity index (χ1v) is 12.0. The molecule has 0 saturated carbocycles. The van der Waals surface area contributed by atoms with Crippen LogP contribution in [0.15, 0.2) is 76.4 Å². The topological polar surface area (TPSA) is 77.4 Å². The van der Waals surface area contributed by atoms with Gasteiger partial charge in [-0.3, -0.25) is 9.36 Å². The minimum Gasteiger partial charge on any atom is -0.496 e. The van der Waals surface area contributed by atoms with E-state index in [1.54, 1.807) is 34.9 Å². The molecule has 1 heterocycles. The molecule has 1 aromatic heterocycles. The number of para-hydroxylation sites is 1. The maximum absolute atomic E-state index is 12.8. The summed E-state index contributed by atoms with van der Waals surface area (Å²) >= 11 is 6.95. The lowest BCUT2D eigenvalue weighted by molar-refractivity contribution is 0.409. The molecular formula is C22H19ClN2O4S2. The lowest BCUT2D eigenvalue weighted by Gasteiger charge is -2.10. The van der Waals surface area contributed by atoms with Gasteiger partial charge in [-0.1, -0.05) is 53.3 Å². The van der Waals surface area contributed by atoms with Crippen molar-refractivity contribution >= 4 is 43.2 Å². The van der Waals surface area contributed by atoms with E-state index in [0.717, 1.165) is 22.5 Å². The Morgan fingerprint density at radius 1 is 1.06 bits per heavy atom. The number of halogens is 1. The van der Waals surface area contributed by atoms with Crippen molar-refractivity contribution in [2.75, 3.05) is 7.11 Å². The lowest BCUT2D eigenvalue weighted by Crippen LogP contribution is -2.23. The van der Waals surface area contributed by atoms with Crippen LogP contribution < -0.4 is 14.3 Å². The third-order valence-electron chi connectivity index (χ3n) is 4.85. The second kappa shape index (κ2) is 8.84. The smallest absolute Gasteiger partial charge is 0.308 e. The summed E-state index contributed by atoms with van der Waals surface area (Å²) in [7, 11) is -2.23. The van der Waals surface area contributed by atoms with Gasteiger partial charge >= 0.3 is 4.87 Å². The van der Waals surface area contributed by atoms with Gasteiger partial charge in [-0.25, -0.2) is 13.1 Å². The number of benzene rings is 3. The molecule has 0 fully saturated rings. The Bertz CT molecular complexity index is 1390. The number of hydrogen-bond donors (Lipinski definition) is 1. The van der Waals surface area contributed by atoms with E-state index < -0.39 is 10.0 Å². The van der Waals surface area contributed by atoms with E-state index in [1.165, 1.54) is 19.2 Å². The Balaban J connectivity index is 1.60. The molecule has 0 unspecified atom stereocenters. The average molecular weight is 475 g/mol. The summed E-state index contributed by atoms with van der Waals surface area (Å²) in [4.78, 5) is 12.5. The Hall–Kier alpha value is -2.65.